The highest BCUT2D eigenvalue weighted by molar-refractivity contribution is 7.17. The maximum Gasteiger partial charge on any atom is 0.413 e. The SMILES string of the molecule is COC(=O)NC(=O)c1c(NC(=O)c2ccc(C(C)=O)cc2)sc2c1CC[C@@H](C)C2. The van der Waals surface area contributed by atoms with Crippen molar-refractivity contribution < 1.29 is 23.9 Å². The zero-order valence-corrected chi connectivity index (χ0v) is 17.3. The highest BCUT2D eigenvalue weighted by atomic mass is 32.1. The van der Waals surface area contributed by atoms with Crippen LogP contribution in [0.5, 0.6) is 0 Å². The van der Waals surface area contributed by atoms with E-state index >= 15 is 0 Å². The van der Waals surface area contributed by atoms with Gasteiger partial charge in [0.05, 0.1) is 12.7 Å². The van der Waals surface area contributed by atoms with Crippen LogP contribution in [0.1, 0.15) is 61.8 Å². The van der Waals surface area contributed by atoms with E-state index < -0.39 is 12.0 Å². The fourth-order valence-electron chi connectivity index (χ4n) is 3.32. The van der Waals surface area contributed by atoms with Gasteiger partial charge in [0.1, 0.15) is 5.00 Å². The minimum Gasteiger partial charge on any atom is -0.453 e. The third-order valence-electron chi connectivity index (χ3n) is 4.92. The molecule has 2 N–H and O–H groups in total. The Kier molecular flexibility index (Phi) is 6.12. The lowest BCUT2D eigenvalue weighted by Gasteiger charge is -2.18. The highest BCUT2D eigenvalue weighted by Crippen LogP contribution is 2.39. The van der Waals surface area contributed by atoms with Crippen LogP contribution in [0.25, 0.3) is 0 Å². The summed E-state index contributed by atoms with van der Waals surface area (Å²) in [6, 6.07) is 6.30. The Labute approximate surface area is 172 Å². The molecule has 0 saturated heterocycles. The monoisotopic (exact) mass is 414 g/mol. The molecular formula is C21H22N2O5S. The first-order chi connectivity index (χ1) is 13.8. The Balaban J connectivity index is 1.91. The van der Waals surface area contributed by atoms with Crippen molar-refractivity contribution in [2.45, 2.75) is 33.1 Å². The molecule has 0 saturated carbocycles. The molecule has 0 fully saturated rings. The lowest BCUT2D eigenvalue weighted by Crippen LogP contribution is -2.31. The summed E-state index contributed by atoms with van der Waals surface area (Å²) in [5.41, 5.74) is 2.07. The van der Waals surface area contributed by atoms with Crippen LogP contribution in [0.4, 0.5) is 9.80 Å². The number of ether oxygens (including phenoxy) is 1. The largest absolute Gasteiger partial charge is 0.453 e. The molecule has 7 nitrogen and oxygen atoms in total. The van der Waals surface area contributed by atoms with Gasteiger partial charge in [0.15, 0.2) is 5.78 Å². The van der Waals surface area contributed by atoms with Crippen LogP contribution < -0.4 is 10.6 Å². The van der Waals surface area contributed by atoms with E-state index in [-0.39, 0.29) is 11.7 Å². The first kappa shape index (κ1) is 20.7. The maximum atomic E-state index is 12.7. The van der Waals surface area contributed by atoms with Crippen molar-refractivity contribution in [1.82, 2.24) is 5.32 Å². The van der Waals surface area contributed by atoms with E-state index in [0.717, 1.165) is 23.3 Å². The normalized spacial score (nSPS) is 15.2. The first-order valence-electron chi connectivity index (χ1n) is 9.26. The minimum absolute atomic E-state index is 0.0845. The second-order valence-electron chi connectivity index (χ2n) is 7.09. The van der Waals surface area contributed by atoms with Gasteiger partial charge in [0.25, 0.3) is 11.8 Å². The van der Waals surface area contributed by atoms with Crippen molar-refractivity contribution in [3.05, 3.63) is 51.4 Å². The van der Waals surface area contributed by atoms with E-state index in [0.29, 0.717) is 34.0 Å². The minimum atomic E-state index is -0.851. The maximum absolute atomic E-state index is 12.7. The average Bonchev–Trinajstić information content (AvgIpc) is 3.04. The number of carbonyl (C=O) groups excluding carboxylic acids is 4. The molecule has 2 aromatic rings. The van der Waals surface area contributed by atoms with Crippen molar-refractivity contribution in [1.29, 1.82) is 0 Å². The molecule has 1 aromatic carbocycles. The molecule has 1 aliphatic carbocycles. The summed E-state index contributed by atoms with van der Waals surface area (Å²) in [7, 11) is 1.18. The molecule has 0 aliphatic heterocycles. The summed E-state index contributed by atoms with van der Waals surface area (Å²) in [6.45, 7) is 3.60. The molecule has 1 aliphatic rings. The van der Waals surface area contributed by atoms with Crippen LogP contribution >= 0.6 is 11.3 Å². The Morgan fingerprint density at radius 1 is 1.07 bits per heavy atom. The Morgan fingerprint density at radius 3 is 2.34 bits per heavy atom. The van der Waals surface area contributed by atoms with Crippen LogP contribution in [0.15, 0.2) is 24.3 Å². The van der Waals surface area contributed by atoms with E-state index in [4.69, 9.17) is 0 Å². The Bertz CT molecular complexity index is 978. The van der Waals surface area contributed by atoms with E-state index in [9.17, 15) is 19.2 Å². The molecule has 1 heterocycles. The molecule has 0 bridgehead atoms. The molecule has 8 heteroatoms. The van der Waals surface area contributed by atoms with Crippen molar-refractivity contribution in [2.75, 3.05) is 12.4 Å². The van der Waals surface area contributed by atoms with Gasteiger partial charge in [0, 0.05) is 16.0 Å². The lowest BCUT2D eigenvalue weighted by molar-refractivity contribution is 0.0935. The fraction of sp³-hybridized carbons (Fsp3) is 0.333. The summed E-state index contributed by atoms with van der Waals surface area (Å²) in [5.74, 6) is -0.580. The van der Waals surface area contributed by atoms with Crippen LogP contribution in [0, 0.1) is 5.92 Å². The van der Waals surface area contributed by atoms with Gasteiger partial charge in [-0.25, -0.2) is 4.79 Å². The number of alkyl carbamates (subject to hydrolysis) is 1. The number of carbonyl (C=O) groups is 4. The number of hydrogen-bond donors (Lipinski definition) is 2. The topological polar surface area (TPSA) is 102 Å². The number of anilines is 1. The number of Topliss-reactive ketones (excluding diaryl/α,β-unsaturated/α-hetero) is 1. The molecule has 1 atom stereocenters. The second kappa shape index (κ2) is 8.57. The number of benzene rings is 1. The summed E-state index contributed by atoms with van der Waals surface area (Å²) < 4.78 is 4.52. The smallest absolute Gasteiger partial charge is 0.413 e. The molecule has 0 unspecified atom stereocenters. The molecule has 3 rings (SSSR count). The average molecular weight is 414 g/mol. The van der Waals surface area contributed by atoms with Gasteiger partial charge < -0.3 is 10.1 Å². The summed E-state index contributed by atoms with van der Waals surface area (Å²) in [6.07, 6.45) is 1.61. The Hall–Kier alpha value is -3.00. The quantitative estimate of drug-likeness (QED) is 0.741. The van der Waals surface area contributed by atoms with Gasteiger partial charge in [-0.3, -0.25) is 19.7 Å². The molecule has 152 valence electrons. The third-order valence-corrected chi connectivity index (χ3v) is 6.09. The van der Waals surface area contributed by atoms with Gasteiger partial charge in [-0.05, 0) is 49.8 Å². The van der Waals surface area contributed by atoms with Crippen molar-refractivity contribution in [3.63, 3.8) is 0 Å². The molecular weight excluding hydrogens is 392 g/mol. The molecule has 0 radical (unpaired) electrons. The zero-order valence-electron chi connectivity index (χ0n) is 16.5. The molecule has 0 spiro atoms. The Morgan fingerprint density at radius 2 is 1.72 bits per heavy atom. The molecule has 3 amide bonds. The number of fused-ring (bicyclic) bond motifs is 1. The summed E-state index contributed by atoms with van der Waals surface area (Å²) in [5, 5.41) is 5.39. The molecule has 29 heavy (non-hydrogen) atoms. The van der Waals surface area contributed by atoms with Crippen molar-refractivity contribution >= 4 is 40.0 Å². The number of thiophene rings is 1. The predicted octanol–water partition coefficient (Wildman–Crippen LogP) is 3.82. The lowest BCUT2D eigenvalue weighted by atomic mass is 9.88. The predicted molar refractivity (Wildman–Crippen MR) is 110 cm³/mol. The number of imide groups is 1. The number of methoxy groups -OCH3 is 1. The van der Waals surface area contributed by atoms with E-state index in [2.05, 4.69) is 22.3 Å². The van der Waals surface area contributed by atoms with Crippen molar-refractivity contribution in [3.8, 4) is 0 Å². The standard InChI is InChI=1S/C21H22N2O5S/c1-11-4-9-15-16(10-11)29-20(17(15)19(26)23-21(27)28-3)22-18(25)14-7-5-13(6-8-14)12(2)24/h5-8,11H,4,9-10H2,1-3H3,(H,22,25)(H,23,26,27)/t11-/m1/s1. The van der Waals surface area contributed by atoms with Crippen LogP contribution in [0.2, 0.25) is 0 Å². The van der Waals surface area contributed by atoms with Gasteiger partial charge in [-0.1, -0.05) is 19.1 Å². The van der Waals surface area contributed by atoms with E-state index in [1.807, 2.05) is 0 Å². The van der Waals surface area contributed by atoms with Gasteiger partial charge in [-0.15, -0.1) is 11.3 Å². The number of hydrogen-bond acceptors (Lipinski definition) is 6. The van der Waals surface area contributed by atoms with Gasteiger partial charge in [-0.2, -0.15) is 0 Å². The van der Waals surface area contributed by atoms with Gasteiger partial charge >= 0.3 is 6.09 Å². The summed E-state index contributed by atoms with van der Waals surface area (Å²) in [4.78, 5) is 49.4. The van der Waals surface area contributed by atoms with Crippen LogP contribution in [-0.4, -0.2) is 30.8 Å². The first-order valence-corrected chi connectivity index (χ1v) is 10.1. The fourth-order valence-corrected chi connectivity index (χ4v) is 4.72. The zero-order chi connectivity index (χ0) is 21.1. The second-order valence-corrected chi connectivity index (χ2v) is 8.19. The van der Waals surface area contributed by atoms with E-state index in [1.165, 1.54) is 25.4 Å². The number of ketones is 1. The third kappa shape index (κ3) is 4.54. The number of rotatable bonds is 4. The van der Waals surface area contributed by atoms with Crippen LogP contribution in [0.3, 0.4) is 0 Å². The number of amides is 3. The summed E-state index contributed by atoms with van der Waals surface area (Å²) >= 11 is 1.36. The number of nitrogens with one attached hydrogen (secondary N) is 2. The van der Waals surface area contributed by atoms with E-state index in [1.54, 1.807) is 24.3 Å². The van der Waals surface area contributed by atoms with Gasteiger partial charge in [0.2, 0.25) is 0 Å². The highest BCUT2D eigenvalue weighted by Gasteiger charge is 2.29. The van der Waals surface area contributed by atoms with Crippen LogP contribution in [-0.2, 0) is 17.6 Å². The van der Waals surface area contributed by atoms with Crippen molar-refractivity contribution in [2.24, 2.45) is 5.92 Å². The molecule has 1 aromatic heterocycles.